The summed E-state index contributed by atoms with van der Waals surface area (Å²) in [5.74, 6) is 0. The molecule has 0 unspecified atom stereocenters. The lowest BCUT2D eigenvalue weighted by atomic mass is 10.0. The zero-order valence-electron chi connectivity index (χ0n) is 24.6. The highest BCUT2D eigenvalue weighted by atomic mass is 32.1. The Hall–Kier alpha value is -5.51. The standard InChI is InChI=1S/C42H30N2S/c45-36-28-26-34(27-29-36)43(40-19-7-13-30-10-1-4-16-37(30)40)33-22-24-35(25-23-33)44(41-20-8-14-31-11-2-5-17-38(31)41)42-21-9-15-32-12-3-6-18-39(32)42/h1-29,45H. The first-order valence-electron chi connectivity index (χ1n) is 15.2. The van der Waals surface area contributed by atoms with E-state index >= 15 is 0 Å². The van der Waals surface area contributed by atoms with Gasteiger partial charge in [-0.05, 0) is 82.9 Å². The van der Waals surface area contributed by atoms with Crippen LogP contribution in [0.15, 0.2) is 181 Å². The fourth-order valence-corrected chi connectivity index (χ4v) is 6.55. The van der Waals surface area contributed by atoms with E-state index in [4.69, 9.17) is 0 Å². The molecule has 0 fully saturated rings. The molecule has 0 aliphatic carbocycles. The van der Waals surface area contributed by atoms with Crippen LogP contribution in [0.3, 0.4) is 0 Å². The van der Waals surface area contributed by atoms with Crippen molar-refractivity contribution < 1.29 is 0 Å². The van der Waals surface area contributed by atoms with Gasteiger partial charge in [0.2, 0.25) is 0 Å². The summed E-state index contributed by atoms with van der Waals surface area (Å²) in [7, 11) is 0. The normalized spacial score (nSPS) is 11.2. The molecule has 0 N–H and O–H groups in total. The quantitative estimate of drug-likeness (QED) is 0.191. The van der Waals surface area contributed by atoms with Crippen LogP contribution in [0.4, 0.5) is 34.1 Å². The first-order valence-corrected chi connectivity index (χ1v) is 15.6. The lowest BCUT2D eigenvalue weighted by molar-refractivity contribution is 1.27. The topological polar surface area (TPSA) is 6.48 Å². The highest BCUT2D eigenvalue weighted by Crippen LogP contribution is 2.44. The SMILES string of the molecule is Sc1ccc(N(c2ccc(N(c3cccc4ccccc34)c3cccc4ccccc34)cc2)c2cccc3ccccc23)cc1. The molecule has 0 saturated heterocycles. The van der Waals surface area contributed by atoms with E-state index in [0.29, 0.717) is 0 Å². The van der Waals surface area contributed by atoms with Gasteiger partial charge in [0.15, 0.2) is 0 Å². The number of fused-ring (bicyclic) bond motifs is 3. The Morgan fingerprint density at radius 3 is 1.02 bits per heavy atom. The summed E-state index contributed by atoms with van der Waals surface area (Å²) < 4.78 is 0. The average molecular weight is 595 g/mol. The van der Waals surface area contributed by atoms with Gasteiger partial charge in [-0.15, -0.1) is 12.6 Å². The number of thiol groups is 1. The van der Waals surface area contributed by atoms with Gasteiger partial charge in [-0.3, -0.25) is 0 Å². The van der Waals surface area contributed by atoms with Gasteiger partial charge in [0.05, 0.1) is 17.1 Å². The number of hydrogen-bond donors (Lipinski definition) is 1. The summed E-state index contributed by atoms with van der Waals surface area (Å²) in [6.45, 7) is 0. The monoisotopic (exact) mass is 594 g/mol. The van der Waals surface area contributed by atoms with Gasteiger partial charge >= 0.3 is 0 Å². The maximum absolute atomic E-state index is 4.57. The Labute approximate surface area is 268 Å². The van der Waals surface area contributed by atoms with Crippen molar-refractivity contribution >= 4 is 79.1 Å². The lowest BCUT2D eigenvalue weighted by Gasteiger charge is -2.30. The molecule has 2 nitrogen and oxygen atoms in total. The minimum atomic E-state index is 0.938. The molecule has 0 aliphatic rings. The number of hydrogen-bond acceptors (Lipinski definition) is 3. The zero-order chi connectivity index (χ0) is 30.2. The smallest absolute Gasteiger partial charge is 0.0540 e. The van der Waals surface area contributed by atoms with Crippen molar-refractivity contribution in [1.29, 1.82) is 0 Å². The van der Waals surface area contributed by atoms with E-state index in [2.05, 4.69) is 186 Å². The van der Waals surface area contributed by atoms with Crippen LogP contribution >= 0.6 is 12.6 Å². The third kappa shape index (κ3) is 4.98. The van der Waals surface area contributed by atoms with Crippen LogP contribution in [-0.2, 0) is 0 Å². The Morgan fingerprint density at radius 2 is 0.600 bits per heavy atom. The zero-order valence-corrected chi connectivity index (χ0v) is 25.5. The molecule has 0 saturated carbocycles. The van der Waals surface area contributed by atoms with E-state index in [1.54, 1.807) is 0 Å². The molecule has 8 rings (SSSR count). The number of benzene rings is 8. The van der Waals surface area contributed by atoms with Crippen molar-refractivity contribution in [2.75, 3.05) is 9.80 Å². The van der Waals surface area contributed by atoms with E-state index in [-0.39, 0.29) is 0 Å². The van der Waals surface area contributed by atoms with Gasteiger partial charge in [-0.1, -0.05) is 109 Å². The molecule has 3 heteroatoms. The van der Waals surface area contributed by atoms with Crippen LogP contribution in [-0.4, -0.2) is 0 Å². The Kier molecular flexibility index (Phi) is 6.94. The fraction of sp³-hybridized carbons (Fsp3) is 0. The van der Waals surface area contributed by atoms with Crippen LogP contribution in [0, 0.1) is 0 Å². The summed E-state index contributed by atoms with van der Waals surface area (Å²) in [4.78, 5) is 5.67. The Bertz CT molecular complexity index is 2200. The minimum Gasteiger partial charge on any atom is -0.310 e. The van der Waals surface area contributed by atoms with Crippen LogP contribution in [0.25, 0.3) is 32.3 Å². The van der Waals surface area contributed by atoms with Crippen molar-refractivity contribution in [1.82, 2.24) is 0 Å². The molecule has 45 heavy (non-hydrogen) atoms. The first kappa shape index (κ1) is 27.1. The van der Waals surface area contributed by atoms with E-state index in [9.17, 15) is 0 Å². The van der Waals surface area contributed by atoms with E-state index in [1.165, 1.54) is 32.3 Å². The predicted molar refractivity (Wildman–Crippen MR) is 196 cm³/mol. The molecule has 0 radical (unpaired) electrons. The molecule has 0 bridgehead atoms. The fourth-order valence-electron chi connectivity index (χ4n) is 6.40. The third-order valence-electron chi connectivity index (χ3n) is 8.50. The van der Waals surface area contributed by atoms with Crippen LogP contribution in [0.1, 0.15) is 0 Å². The molecular formula is C42H30N2S. The Balaban J connectivity index is 1.32. The van der Waals surface area contributed by atoms with Crippen molar-refractivity contribution in [3.63, 3.8) is 0 Å². The summed E-state index contributed by atoms with van der Waals surface area (Å²) >= 11 is 4.57. The van der Waals surface area contributed by atoms with E-state index in [1.807, 2.05) is 12.1 Å². The molecular weight excluding hydrogens is 565 g/mol. The third-order valence-corrected chi connectivity index (χ3v) is 8.79. The van der Waals surface area contributed by atoms with Gasteiger partial charge in [0.1, 0.15) is 0 Å². The molecule has 0 spiro atoms. The van der Waals surface area contributed by atoms with Gasteiger partial charge < -0.3 is 9.80 Å². The van der Waals surface area contributed by atoms with Gasteiger partial charge in [0, 0.05) is 38.1 Å². The molecule has 8 aromatic carbocycles. The molecule has 214 valence electrons. The summed E-state index contributed by atoms with van der Waals surface area (Å²) in [5.41, 5.74) is 6.68. The first-order chi connectivity index (χ1) is 22.2. The molecule has 0 atom stereocenters. The number of anilines is 6. The second-order valence-corrected chi connectivity index (χ2v) is 11.7. The number of nitrogens with zero attached hydrogens (tertiary/aromatic N) is 2. The minimum absolute atomic E-state index is 0.938. The summed E-state index contributed by atoms with van der Waals surface area (Å²) in [6.07, 6.45) is 0. The van der Waals surface area contributed by atoms with E-state index < -0.39 is 0 Å². The van der Waals surface area contributed by atoms with Gasteiger partial charge in [-0.25, -0.2) is 0 Å². The summed E-state index contributed by atoms with van der Waals surface area (Å²) in [5, 5.41) is 7.26. The van der Waals surface area contributed by atoms with Crippen LogP contribution in [0.5, 0.6) is 0 Å². The molecule has 0 aliphatic heterocycles. The van der Waals surface area contributed by atoms with Crippen molar-refractivity contribution in [2.45, 2.75) is 4.90 Å². The second-order valence-electron chi connectivity index (χ2n) is 11.2. The van der Waals surface area contributed by atoms with Gasteiger partial charge in [-0.2, -0.15) is 0 Å². The Morgan fingerprint density at radius 1 is 0.289 bits per heavy atom. The second kappa shape index (κ2) is 11.5. The van der Waals surface area contributed by atoms with Crippen molar-refractivity contribution in [3.8, 4) is 0 Å². The highest BCUT2D eigenvalue weighted by Gasteiger charge is 2.20. The lowest BCUT2D eigenvalue weighted by Crippen LogP contribution is -2.13. The maximum atomic E-state index is 4.57. The molecule has 0 heterocycles. The van der Waals surface area contributed by atoms with Crippen LogP contribution < -0.4 is 9.80 Å². The van der Waals surface area contributed by atoms with Crippen molar-refractivity contribution in [2.24, 2.45) is 0 Å². The van der Waals surface area contributed by atoms with Gasteiger partial charge in [0.25, 0.3) is 0 Å². The number of rotatable bonds is 6. The van der Waals surface area contributed by atoms with Crippen LogP contribution in [0.2, 0.25) is 0 Å². The summed E-state index contributed by atoms with van der Waals surface area (Å²) in [6, 6.07) is 62.7. The molecule has 0 aromatic heterocycles. The van der Waals surface area contributed by atoms with Crippen molar-refractivity contribution in [3.05, 3.63) is 176 Å². The largest absolute Gasteiger partial charge is 0.310 e. The molecule has 8 aromatic rings. The molecule has 0 amide bonds. The van der Waals surface area contributed by atoms with E-state index in [0.717, 1.165) is 39.0 Å². The highest BCUT2D eigenvalue weighted by molar-refractivity contribution is 7.80. The maximum Gasteiger partial charge on any atom is 0.0540 e. The average Bonchev–Trinajstić information content (AvgIpc) is 3.10. The predicted octanol–water partition coefficient (Wildman–Crippen LogP) is 12.4.